The van der Waals surface area contributed by atoms with Gasteiger partial charge in [0.1, 0.15) is 25.4 Å². The summed E-state index contributed by atoms with van der Waals surface area (Å²) in [5, 5.41) is 20.6. The number of hydrogen-bond donors (Lipinski definition) is 4. The van der Waals surface area contributed by atoms with Gasteiger partial charge in [0.05, 0.1) is 26.4 Å². The molecule has 18 heteroatoms. The molecule has 0 aromatic carbocycles. The molecule has 4 N–H and O–H groups in total. The van der Waals surface area contributed by atoms with E-state index in [2.05, 4.69) is 130 Å². The van der Waals surface area contributed by atoms with E-state index >= 15 is 0 Å². The highest BCUT2D eigenvalue weighted by atomic mass is 31.2. The van der Waals surface area contributed by atoms with Crippen molar-refractivity contribution in [3.8, 4) is 0 Å². The first-order valence-electron chi connectivity index (χ1n) is 37.2. The van der Waals surface area contributed by atoms with Crippen LogP contribution in [0.5, 0.6) is 0 Å². The minimum absolute atomic E-state index is 0.0902. The van der Waals surface area contributed by atoms with Crippen LogP contribution in [0.3, 0.4) is 0 Å². The third-order valence-electron chi connectivity index (χ3n) is 15.5. The van der Waals surface area contributed by atoms with Crippen molar-refractivity contribution in [2.24, 2.45) is 0 Å². The molecule has 0 aromatic rings. The zero-order valence-corrected chi connectivity index (χ0v) is 61.4. The highest BCUT2D eigenvalue weighted by Gasteiger charge is 2.29. The SMILES string of the molecule is CC/C=C\C/C=C\C/C=C\C/C=C\CCCCCCCCC(=O)OCC(COP(=O)(O)OCC(O)COP(=O)(O)OCC(O)COC(=O)CCCCCCCCCCC/C=C\C/C=C\C/C=C\C/C=C\CCCCC)OC(=O)CCCCCCC/C=C\CCCCCCCC. The maximum Gasteiger partial charge on any atom is 0.472 e. The van der Waals surface area contributed by atoms with E-state index in [4.69, 9.17) is 32.3 Å². The number of aliphatic hydroxyl groups excluding tert-OH is 2. The van der Waals surface area contributed by atoms with E-state index in [0.29, 0.717) is 19.3 Å². The Hall–Kier alpha value is -3.79. The van der Waals surface area contributed by atoms with Gasteiger partial charge in [0.2, 0.25) is 0 Å². The molecule has 0 rings (SSSR count). The van der Waals surface area contributed by atoms with Gasteiger partial charge in [0, 0.05) is 19.3 Å². The van der Waals surface area contributed by atoms with Gasteiger partial charge in [-0.1, -0.05) is 265 Å². The van der Waals surface area contributed by atoms with E-state index in [9.17, 15) is 43.5 Å². The van der Waals surface area contributed by atoms with Crippen molar-refractivity contribution < 1.29 is 75.8 Å². The number of esters is 3. The molecule has 5 atom stereocenters. The van der Waals surface area contributed by atoms with Gasteiger partial charge in [-0.25, -0.2) is 9.13 Å². The molecule has 0 spiro atoms. The van der Waals surface area contributed by atoms with Crippen molar-refractivity contribution in [3.63, 3.8) is 0 Å². The maximum absolute atomic E-state index is 12.9. The van der Waals surface area contributed by atoms with Crippen LogP contribution >= 0.6 is 15.6 Å². The summed E-state index contributed by atoms with van der Waals surface area (Å²) in [5.41, 5.74) is 0. The Morgan fingerprint density at radius 1 is 0.305 bits per heavy atom. The molecule has 16 nitrogen and oxygen atoms in total. The lowest BCUT2D eigenvalue weighted by molar-refractivity contribution is -0.161. The lowest BCUT2D eigenvalue weighted by Crippen LogP contribution is -2.30. The summed E-state index contributed by atoms with van der Waals surface area (Å²) in [7, 11) is -9.79. The van der Waals surface area contributed by atoms with Gasteiger partial charge < -0.3 is 34.2 Å². The standard InChI is InChI=1S/C77H134O16P2/c1-4-7-10-13-16-19-22-25-28-30-32-33-34-35-36-37-39-41-43-45-48-51-54-57-60-63-75(80)87-66-72(78)67-89-94(83,84)90-68-73(79)69-91-95(85,86)92-71-74(93-77(82)65-62-59-56-53-50-47-42-27-24-21-18-15-12-9-6-3)70-88-76(81)64-61-58-55-52-49-46-44-40-38-31-29-26-23-20-17-14-11-8-5-2/h8,11,16-17,19-20,25-29,32-33,35-36,38,40,42,72-74,78-79H,4-7,9-10,12-15,18,21-24,30-31,34,37,39,41,43-71H2,1-3H3,(H,83,84)(H,85,86)/b11-8-,19-16-,20-17-,28-25-,29-26-,33-32-,36-35-,40-38-,42-27-. The van der Waals surface area contributed by atoms with Crippen LogP contribution in [-0.2, 0) is 55.8 Å². The van der Waals surface area contributed by atoms with Crippen molar-refractivity contribution in [2.45, 2.75) is 322 Å². The van der Waals surface area contributed by atoms with E-state index < -0.39 is 91.5 Å². The van der Waals surface area contributed by atoms with Crippen LogP contribution in [0.4, 0.5) is 0 Å². The Morgan fingerprint density at radius 2 is 0.558 bits per heavy atom. The second-order valence-electron chi connectivity index (χ2n) is 24.7. The second-order valence-corrected chi connectivity index (χ2v) is 27.6. The molecule has 0 aliphatic carbocycles. The Bertz CT molecular complexity index is 2170. The van der Waals surface area contributed by atoms with Gasteiger partial charge in [0.15, 0.2) is 6.10 Å². The molecule has 0 saturated carbocycles. The summed E-state index contributed by atoms with van der Waals surface area (Å²) in [6.45, 7) is 2.51. The molecule has 5 unspecified atom stereocenters. The average molecular weight is 1380 g/mol. The zero-order valence-electron chi connectivity index (χ0n) is 59.6. The van der Waals surface area contributed by atoms with E-state index in [1.807, 2.05) is 0 Å². The summed E-state index contributed by atoms with van der Waals surface area (Å²) < 4.78 is 61.0. The van der Waals surface area contributed by atoms with Crippen molar-refractivity contribution in [1.82, 2.24) is 0 Å². The number of rotatable bonds is 70. The van der Waals surface area contributed by atoms with E-state index in [-0.39, 0.29) is 19.3 Å². The number of hydrogen-bond acceptors (Lipinski definition) is 14. The van der Waals surface area contributed by atoms with E-state index in [1.165, 1.54) is 89.9 Å². The molecular formula is C77H134O16P2. The minimum atomic E-state index is -4.93. The highest BCUT2D eigenvalue weighted by Crippen LogP contribution is 2.45. The maximum atomic E-state index is 12.9. The smallest absolute Gasteiger partial charge is 0.463 e. The van der Waals surface area contributed by atoms with Crippen LogP contribution in [-0.4, -0.2) is 95.9 Å². The van der Waals surface area contributed by atoms with Crippen LogP contribution in [0.15, 0.2) is 109 Å². The fourth-order valence-electron chi connectivity index (χ4n) is 9.78. The zero-order chi connectivity index (χ0) is 69.5. The quantitative estimate of drug-likeness (QED) is 0.0146. The number of carbonyl (C=O) groups excluding carboxylic acids is 3. The normalized spacial score (nSPS) is 14.7. The van der Waals surface area contributed by atoms with Crippen molar-refractivity contribution in [2.75, 3.05) is 39.6 Å². The molecule has 0 bridgehead atoms. The predicted octanol–water partition coefficient (Wildman–Crippen LogP) is 21.2. The molecule has 95 heavy (non-hydrogen) atoms. The van der Waals surface area contributed by atoms with E-state index in [0.717, 1.165) is 154 Å². The second kappa shape index (κ2) is 70.1. The van der Waals surface area contributed by atoms with Gasteiger partial charge in [-0.2, -0.15) is 0 Å². The summed E-state index contributed by atoms with van der Waals surface area (Å²) in [4.78, 5) is 58.5. The molecule has 0 aliphatic heterocycles. The van der Waals surface area contributed by atoms with Gasteiger partial charge >= 0.3 is 33.6 Å². The van der Waals surface area contributed by atoms with Crippen LogP contribution in [0.2, 0.25) is 0 Å². The van der Waals surface area contributed by atoms with Gasteiger partial charge in [-0.3, -0.25) is 32.5 Å². The van der Waals surface area contributed by atoms with Crippen LogP contribution < -0.4 is 0 Å². The van der Waals surface area contributed by atoms with Crippen LogP contribution in [0.25, 0.3) is 0 Å². The number of aliphatic hydroxyl groups is 2. The number of phosphoric acid groups is 2. The highest BCUT2D eigenvalue weighted by molar-refractivity contribution is 7.47. The summed E-state index contributed by atoms with van der Waals surface area (Å²) >= 11 is 0. The largest absolute Gasteiger partial charge is 0.472 e. The number of unbranched alkanes of at least 4 members (excludes halogenated alkanes) is 29. The number of allylic oxidation sites excluding steroid dienone is 18. The Balaban J connectivity index is 4.60. The number of carbonyl (C=O) groups is 3. The molecule has 0 saturated heterocycles. The van der Waals surface area contributed by atoms with Crippen LogP contribution in [0.1, 0.15) is 303 Å². The first-order valence-corrected chi connectivity index (χ1v) is 40.2. The van der Waals surface area contributed by atoms with Crippen molar-refractivity contribution in [3.05, 3.63) is 109 Å². The molecule has 0 fully saturated rings. The minimum Gasteiger partial charge on any atom is -0.463 e. The van der Waals surface area contributed by atoms with Crippen molar-refractivity contribution >= 4 is 33.6 Å². The summed E-state index contributed by atoms with van der Waals surface area (Å²) in [6.07, 6.45) is 79.8. The summed E-state index contributed by atoms with van der Waals surface area (Å²) in [6, 6.07) is 0. The summed E-state index contributed by atoms with van der Waals surface area (Å²) in [5.74, 6) is -1.60. The molecular weight excluding hydrogens is 1240 g/mol. The molecule has 0 heterocycles. The third kappa shape index (κ3) is 71.3. The fourth-order valence-corrected chi connectivity index (χ4v) is 11.4. The first-order chi connectivity index (χ1) is 46.2. The fraction of sp³-hybridized carbons (Fsp3) is 0.727. The molecule has 548 valence electrons. The lowest BCUT2D eigenvalue weighted by Gasteiger charge is -2.21. The molecule has 0 amide bonds. The van der Waals surface area contributed by atoms with Gasteiger partial charge in [-0.05, 0) is 128 Å². The van der Waals surface area contributed by atoms with Crippen LogP contribution in [0, 0.1) is 0 Å². The lowest BCUT2D eigenvalue weighted by atomic mass is 10.1. The predicted molar refractivity (Wildman–Crippen MR) is 390 cm³/mol. The number of phosphoric ester groups is 2. The Morgan fingerprint density at radius 3 is 0.916 bits per heavy atom. The van der Waals surface area contributed by atoms with E-state index in [1.54, 1.807) is 0 Å². The van der Waals surface area contributed by atoms with Gasteiger partial charge in [-0.15, -0.1) is 0 Å². The Kier molecular flexibility index (Phi) is 67.3. The topological polar surface area (TPSA) is 231 Å². The molecule has 0 radical (unpaired) electrons. The average Bonchev–Trinajstić information content (AvgIpc) is 2.13. The number of ether oxygens (including phenoxy) is 3. The third-order valence-corrected chi connectivity index (χ3v) is 17.4. The first kappa shape index (κ1) is 91.2. The van der Waals surface area contributed by atoms with Crippen molar-refractivity contribution in [1.29, 1.82) is 0 Å². The monoisotopic (exact) mass is 1380 g/mol. The Labute approximate surface area is 577 Å². The molecule has 0 aromatic heterocycles. The molecule has 0 aliphatic rings. The van der Waals surface area contributed by atoms with Gasteiger partial charge in [0.25, 0.3) is 0 Å².